The molecule has 0 unspecified atom stereocenters. The average Bonchev–Trinajstić information content (AvgIpc) is 2.43. The summed E-state index contributed by atoms with van der Waals surface area (Å²) >= 11 is 0. The topological polar surface area (TPSA) is 44.8 Å². The Hall–Kier alpha value is -0.930. The summed E-state index contributed by atoms with van der Waals surface area (Å²) in [5.74, 6) is -0.0324. The van der Waals surface area contributed by atoms with Crippen molar-refractivity contribution in [2.45, 2.75) is 13.8 Å². The Morgan fingerprint density at radius 1 is 1.50 bits per heavy atom. The summed E-state index contributed by atoms with van der Waals surface area (Å²) < 4.78 is 0. The van der Waals surface area contributed by atoms with Gasteiger partial charge in [0.1, 0.15) is 0 Å². The quantitative estimate of drug-likeness (QED) is 0.495. The van der Waals surface area contributed by atoms with E-state index in [0.29, 0.717) is 0 Å². The Morgan fingerprint density at radius 3 is 2.12 bits per heavy atom. The van der Waals surface area contributed by atoms with E-state index >= 15 is 0 Å². The summed E-state index contributed by atoms with van der Waals surface area (Å²) in [6.07, 6.45) is 0. The van der Waals surface area contributed by atoms with Crippen LogP contribution in [0.1, 0.15) is 13.8 Å². The third-order valence-corrected chi connectivity index (χ3v) is 0.870. The van der Waals surface area contributed by atoms with Crippen LogP contribution in [0.5, 0.6) is 0 Å². The molecular formula is C4H7N3O. The van der Waals surface area contributed by atoms with Crippen LogP contribution in [0.4, 0.5) is 0 Å². The van der Waals surface area contributed by atoms with Gasteiger partial charge < -0.3 is 0 Å². The highest BCUT2D eigenvalue weighted by Gasteiger charge is 2.23. The van der Waals surface area contributed by atoms with Crippen molar-refractivity contribution in [2.24, 2.45) is 16.4 Å². The van der Waals surface area contributed by atoms with E-state index < -0.39 is 0 Å². The van der Waals surface area contributed by atoms with E-state index in [4.69, 9.17) is 0 Å². The van der Waals surface area contributed by atoms with Crippen molar-refractivity contribution in [3.63, 3.8) is 0 Å². The lowest BCUT2D eigenvalue weighted by Gasteiger charge is -1.96. The van der Waals surface area contributed by atoms with Gasteiger partial charge >= 0.3 is 0 Å². The molecule has 1 amide bonds. The minimum atomic E-state index is -0.0370. The zero-order chi connectivity index (χ0) is 6.15. The molecule has 0 saturated carbocycles. The van der Waals surface area contributed by atoms with Gasteiger partial charge in [-0.1, -0.05) is 19.0 Å². The minimum Gasteiger partial charge on any atom is -0.270 e. The lowest BCUT2D eigenvalue weighted by Crippen LogP contribution is -2.15. The third-order valence-electron chi connectivity index (χ3n) is 0.870. The van der Waals surface area contributed by atoms with Crippen LogP contribution in [0.2, 0.25) is 0 Å². The second-order valence-corrected chi connectivity index (χ2v) is 1.96. The Balaban J connectivity index is 2.34. The highest BCUT2D eigenvalue weighted by atomic mass is 16.2. The molecule has 1 aliphatic rings. The molecule has 0 N–H and O–H groups in total. The smallest absolute Gasteiger partial charge is 0.270 e. The molecule has 0 atom stereocenters. The Bertz CT molecular complexity index is 130. The first-order valence-electron chi connectivity index (χ1n) is 2.47. The maximum atomic E-state index is 10.6. The Labute approximate surface area is 47.1 Å². The number of carbonyl (C=O) groups is 1. The summed E-state index contributed by atoms with van der Waals surface area (Å²) in [5.41, 5.74) is 0. The van der Waals surface area contributed by atoms with E-state index in [0.717, 1.165) is 5.12 Å². The van der Waals surface area contributed by atoms with Crippen molar-refractivity contribution in [1.29, 1.82) is 0 Å². The molecule has 0 saturated heterocycles. The lowest BCUT2D eigenvalue weighted by atomic mass is 10.2. The van der Waals surface area contributed by atoms with Crippen LogP contribution >= 0.6 is 0 Å². The molecule has 0 fully saturated rings. The van der Waals surface area contributed by atoms with Crippen LogP contribution in [0, 0.1) is 5.92 Å². The number of hydrogen-bond acceptors (Lipinski definition) is 3. The number of amides is 1. The summed E-state index contributed by atoms with van der Waals surface area (Å²) in [6.45, 7) is 3.62. The van der Waals surface area contributed by atoms with Crippen molar-refractivity contribution >= 4 is 5.91 Å². The van der Waals surface area contributed by atoms with Crippen LogP contribution in [0.3, 0.4) is 0 Å². The van der Waals surface area contributed by atoms with Crippen molar-refractivity contribution in [2.75, 3.05) is 0 Å². The summed E-state index contributed by atoms with van der Waals surface area (Å²) in [6, 6.07) is 0. The van der Waals surface area contributed by atoms with Crippen molar-refractivity contribution in [1.82, 2.24) is 5.12 Å². The van der Waals surface area contributed by atoms with Crippen molar-refractivity contribution in [3.05, 3.63) is 0 Å². The number of rotatable bonds is 1. The predicted molar refractivity (Wildman–Crippen MR) is 26.5 cm³/mol. The molecule has 0 bridgehead atoms. The Kier molecular flexibility index (Phi) is 1.00. The third kappa shape index (κ3) is 0.828. The molecule has 1 heterocycles. The standard InChI is InChI=1S/C4H7N3O/c1-3(2)4(8)7-5-6-7/h3H,1-2H3. The van der Waals surface area contributed by atoms with Crippen molar-refractivity contribution < 1.29 is 4.79 Å². The van der Waals surface area contributed by atoms with Gasteiger partial charge in [-0.05, 0) is 10.4 Å². The molecule has 0 aromatic carbocycles. The van der Waals surface area contributed by atoms with E-state index in [-0.39, 0.29) is 11.8 Å². The highest BCUT2D eigenvalue weighted by Crippen LogP contribution is 2.12. The van der Waals surface area contributed by atoms with E-state index in [9.17, 15) is 4.79 Å². The van der Waals surface area contributed by atoms with Gasteiger partial charge in [0, 0.05) is 5.92 Å². The summed E-state index contributed by atoms with van der Waals surface area (Å²) in [4.78, 5) is 10.6. The van der Waals surface area contributed by atoms with Gasteiger partial charge in [0.25, 0.3) is 5.91 Å². The maximum absolute atomic E-state index is 10.6. The maximum Gasteiger partial charge on any atom is 0.270 e. The second-order valence-electron chi connectivity index (χ2n) is 1.96. The van der Waals surface area contributed by atoms with Gasteiger partial charge in [0.2, 0.25) is 0 Å². The van der Waals surface area contributed by atoms with Crippen LogP contribution in [0.25, 0.3) is 0 Å². The minimum absolute atomic E-state index is 0.00463. The molecule has 0 radical (unpaired) electrons. The van der Waals surface area contributed by atoms with Gasteiger partial charge in [0.15, 0.2) is 0 Å². The molecule has 0 aliphatic carbocycles. The first kappa shape index (κ1) is 5.21. The normalized spacial score (nSPS) is 15.1. The Morgan fingerprint density at radius 2 is 2.00 bits per heavy atom. The average molecular weight is 113 g/mol. The molecule has 44 valence electrons. The van der Waals surface area contributed by atoms with Crippen LogP contribution in [-0.2, 0) is 4.79 Å². The monoisotopic (exact) mass is 113 g/mol. The van der Waals surface area contributed by atoms with Crippen LogP contribution in [-0.4, -0.2) is 11.0 Å². The lowest BCUT2D eigenvalue weighted by molar-refractivity contribution is -0.130. The van der Waals surface area contributed by atoms with Crippen molar-refractivity contribution in [3.8, 4) is 0 Å². The zero-order valence-corrected chi connectivity index (χ0v) is 4.83. The van der Waals surface area contributed by atoms with Gasteiger partial charge in [-0.3, -0.25) is 4.79 Å². The fraction of sp³-hybridized carbons (Fsp3) is 0.750. The second kappa shape index (κ2) is 1.54. The molecule has 0 aromatic heterocycles. The number of hydrogen-bond donors (Lipinski definition) is 0. The van der Waals surface area contributed by atoms with E-state index in [2.05, 4.69) is 10.4 Å². The van der Waals surface area contributed by atoms with Crippen LogP contribution < -0.4 is 0 Å². The zero-order valence-electron chi connectivity index (χ0n) is 4.83. The molecule has 1 aliphatic heterocycles. The predicted octanol–water partition coefficient (Wildman–Crippen LogP) is 0.767. The van der Waals surface area contributed by atoms with E-state index in [1.165, 1.54) is 0 Å². The molecular weight excluding hydrogens is 106 g/mol. The SMILES string of the molecule is CC(C)C(=O)N1N=N1. The largest absolute Gasteiger partial charge is 0.270 e. The number of nitrogens with zero attached hydrogens (tertiary/aromatic N) is 3. The molecule has 4 nitrogen and oxygen atoms in total. The fourth-order valence-electron chi connectivity index (χ4n) is 0.339. The van der Waals surface area contributed by atoms with Gasteiger partial charge in [-0.2, -0.15) is 0 Å². The molecule has 8 heavy (non-hydrogen) atoms. The molecule has 1 rings (SSSR count). The van der Waals surface area contributed by atoms with Gasteiger partial charge in [0.05, 0.1) is 0 Å². The molecule has 0 spiro atoms. The summed E-state index contributed by atoms with van der Waals surface area (Å²) in [5, 5.41) is 7.77. The fourth-order valence-corrected chi connectivity index (χ4v) is 0.339. The van der Waals surface area contributed by atoms with Gasteiger partial charge in [-0.25, -0.2) is 0 Å². The highest BCUT2D eigenvalue weighted by molar-refractivity contribution is 5.78. The first-order chi connectivity index (χ1) is 3.72. The van der Waals surface area contributed by atoms with Crippen LogP contribution in [0.15, 0.2) is 10.4 Å². The first-order valence-corrected chi connectivity index (χ1v) is 2.47. The van der Waals surface area contributed by atoms with E-state index in [1.54, 1.807) is 0 Å². The molecule has 4 heteroatoms. The summed E-state index contributed by atoms with van der Waals surface area (Å²) in [7, 11) is 0. The van der Waals surface area contributed by atoms with Gasteiger partial charge in [-0.15, -0.1) is 0 Å². The van der Waals surface area contributed by atoms with E-state index in [1.807, 2.05) is 13.8 Å². The molecule has 0 aromatic rings. The number of carbonyl (C=O) groups excluding carboxylic acids is 1.